The van der Waals surface area contributed by atoms with Crippen molar-refractivity contribution in [3.8, 4) is 0 Å². The van der Waals surface area contributed by atoms with Gasteiger partial charge < -0.3 is 5.11 Å². The quantitative estimate of drug-likeness (QED) is 0.773. The van der Waals surface area contributed by atoms with E-state index >= 15 is 0 Å². The van der Waals surface area contributed by atoms with Gasteiger partial charge in [-0.05, 0) is 24.7 Å². The highest BCUT2D eigenvalue weighted by Gasteiger charge is 2.35. The van der Waals surface area contributed by atoms with Gasteiger partial charge in [0, 0.05) is 26.2 Å². The van der Waals surface area contributed by atoms with E-state index in [4.69, 9.17) is 5.11 Å². The van der Waals surface area contributed by atoms with Crippen LogP contribution in [0.1, 0.15) is 40.5 Å². The fraction of sp³-hybridized carbons (Fsp3) is 0.929. The lowest BCUT2D eigenvalue weighted by Crippen LogP contribution is -2.49. The molecule has 0 saturated carbocycles. The first kappa shape index (κ1) is 18.4. The van der Waals surface area contributed by atoms with E-state index in [1.165, 1.54) is 4.31 Å². The predicted octanol–water partition coefficient (Wildman–Crippen LogP) is 1.64. The van der Waals surface area contributed by atoms with Crippen molar-refractivity contribution in [1.82, 2.24) is 8.61 Å². The molecular weight excluding hydrogens is 292 g/mol. The van der Waals surface area contributed by atoms with E-state index in [1.807, 2.05) is 27.7 Å². The Morgan fingerprint density at radius 2 is 1.57 bits per heavy atom. The van der Waals surface area contributed by atoms with Gasteiger partial charge in [0.2, 0.25) is 0 Å². The number of nitrogens with zero attached hydrogens (tertiary/aromatic N) is 2. The molecule has 1 heterocycles. The van der Waals surface area contributed by atoms with E-state index in [0.29, 0.717) is 39.0 Å². The van der Waals surface area contributed by atoms with Crippen LogP contribution in [0.2, 0.25) is 0 Å². The molecule has 0 aromatic rings. The minimum absolute atomic E-state index is 0.259. The summed E-state index contributed by atoms with van der Waals surface area (Å²) < 4.78 is 28.5. The third-order valence-electron chi connectivity index (χ3n) is 3.59. The molecule has 0 aromatic heterocycles. The first-order valence-electron chi connectivity index (χ1n) is 7.62. The van der Waals surface area contributed by atoms with Crippen molar-refractivity contribution in [2.45, 2.75) is 40.5 Å². The number of carbonyl (C=O) groups is 1. The first-order chi connectivity index (χ1) is 9.64. The van der Waals surface area contributed by atoms with Crippen molar-refractivity contribution in [2.75, 3.05) is 26.2 Å². The molecule has 1 N–H and O–H groups in total. The summed E-state index contributed by atoms with van der Waals surface area (Å²) in [6.07, 6.45) is 0.789. The summed E-state index contributed by atoms with van der Waals surface area (Å²) in [7, 11) is -3.49. The summed E-state index contributed by atoms with van der Waals surface area (Å²) in [4.78, 5) is 11.0. The van der Waals surface area contributed by atoms with E-state index in [1.54, 1.807) is 4.31 Å². The first-order valence-corrected chi connectivity index (χ1v) is 9.02. The maximum absolute atomic E-state index is 12.7. The molecular formula is C14H28N2O4S. The molecule has 6 nitrogen and oxygen atoms in total. The number of aliphatic carboxylic acids is 1. The van der Waals surface area contributed by atoms with Crippen LogP contribution in [0.15, 0.2) is 0 Å². The van der Waals surface area contributed by atoms with E-state index in [-0.39, 0.29) is 11.8 Å². The largest absolute Gasteiger partial charge is 0.481 e. The zero-order valence-electron chi connectivity index (χ0n) is 13.4. The fourth-order valence-corrected chi connectivity index (χ4v) is 4.55. The van der Waals surface area contributed by atoms with E-state index in [9.17, 15) is 13.2 Å². The number of hydrogen-bond acceptors (Lipinski definition) is 3. The summed E-state index contributed by atoms with van der Waals surface area (Å²) in [6.45, 7) is 9.59. The lowest BCUT2D eigenvalue weighted by molar-refractivity contribution is -0.142. The van der Waals surface area contributed by atoms with Gasteiger partial charge in [0.05, 0.1) is 5.92 Å². The number of carboxylic acid groups (broad SMARTS) is 1. The minimum Gasteiger partial charge on any atom is -0.481 e. The maximum Gasteiger partial charge on any atom is 0.306 e. The lowest BCUT2D eigenvalue weighted by Gasteiger charge is -2.35. The Morgan fingerprint density at radius 3 is 1.90 bits per heavy atom. The Kier molecular flexibility index (Phi) is 6.62. The molecule has 1 fully saturated rings. The molecule has 0 spiro atoms. The van der Waals surface area contributed by atoms with Gasteiger partial charge in [-0.1, -0.05) is 27.7 Å². The fourth-order valence-electron chi connectivity index (χ4n) is 2.57. The van der Waals surface area contributed by atoms with Crippen molar-refractivity contribution in [3.63, 3.8) is 0 Å². The zero-order valence-corrected chi connectivity index (χ0v) is 14.3. The van der Waals surface area contributed by atoms with Crippen molar-refractivity contribution in [3.05, 3.63) is 0 Å². The molecule has 21 heavy (non-hydrogen) atoms. The summed E-state index contributed by atoms with van der Waals surface area (Å²) in [6, 6.07) is 0. The second-order valence-corrected chi connectivity index (χ2v) is 8.55. The van der Waals surface area contributed by atoms with Gasteiger partial charge >= 0.3 is 5.97 Å². The summed E-state index contributed by atoms with van der Waals surface area (Å²) in [5.74, 6) is -0.724. The summed E-state index contributed by atoms with van der Waals surface area (Å²) in [5, 5.41) is 9.00. The van der Waals surface area contributed by atoms with Crippen LogP contribution in [0.25, 0.3) is 0 Å². The third-order valence-corrected chi connectivity index (χ3v) is 5.56. The number of carboxylic acids is 1. The molecule has 0 bridgehead atoms. The van der Waals surface area contributed by atoms with Gasteiger partial charge in [-0.3, -0.25) is 4.79 Å². The van der Waals surface area contributed by atoms with Gasteiger partial charge in [0.25, 0.3) is 10.2 Å². The molecule has 124 valence electrons. The van der Waals surface area contributed by atoms with Crippen LogP contribution in [0.4, 0.5) is 0 Å². The van der Waals surface area contributed by atoms with Crippen LogP contribution >= 0.6 is 0 Å². The molecule has 1 saturated heterocycles. The second kappa shape index (κ2) is 7.56. The summed E-state index contributed by atoms with van der Waals surface area (Å²) in [5.41, 5.74) is 0. The second-order valence-electron chi connectivity index (χ2n) is 6.62. The zero-order chi connectivity index (χ0) is 16.2. The smallest absolute Gasteiger partial charge is 0.306 e. The Labute approximate surface area is 128 Å². The molecule has 0 atom stereocenters. The van der Waals surface area contributed by atoms with Gasteiger partial charge in [-0.15, -0.1) is 0 Å². The SMILES string of the molecule is CC(C)CN(CC(C)C)S(=O)(=O)N1CCC(C(=O)O)CC1. The van der Waals surface area contributed by atoms with Crippen LogP contribution in [0, 0.1) is 17.8 Å². The Bertz CT molecular complexity index is 430. The molecule has 1 aliphatic rings. The Balaban J connectivity index is 2.79. The maximum atomic E-state index is 12.7. The molecule has 1 rings (SSSR count). The average Bonchev–Trinajstić information content (AvgIpc) is 2.37. The molecule has 7 heteroatoms. The molecule has 0 aliphatic carbocycles. The van der Waals surface area contributed by atoms with Crippen molar-refractivity contribution in [1.29, 1.82) is 0 Å². The number of hydrogen-bond donors (Lipinski definition) is 1. The highest BCUT2D eigenvalue weighted by atomic mass is 32.2. The minimum atomic E-state index is -3.49. The standard InChI is InChI=1S/C14H28N2O4S/c1-11(2)9-16(10-12(3)4)21(19,20)15-7-5-13(6-8-15)14(17)18/h11-13H,5-10H2,1-4H3,(H,17,18). The van der Waals surface area contributed by atoms with Gasteiger partial charge in [0.15, 0.2) is 0 Å². The van der Waals surface area contributed by atoms with E-state index in [0.717, 1.165) is 0 Å². The number of rotatable bonds is 7. The molecule has 0 aromatic carbocycles. The van der Waals surface area contributed by atoms with Crippen molar-refractivity contribution in [2.24, 2.45) is 17.8 Å². The van der Waals surface area contributed by atoms with Crippen molar-refractivity contribution < 1.29 is 18.3 Å². The van der Waals surface area contributed by atoms with Crippen LogP contribution in [-0.4, -0.2) is 54.3 Å². The highest BCUT2D eigenvalue weighted by Crippen LogP contribution is 2.22. The molecule has 0 radical (unpaired) electrons. The van der Waals surface area contributed by atoms with Crippen LogP contribution in [0.3, 0.4) is 0 Å². The third kappa shape index (κ3) is 5.23. The van der Waals surface area contributed by atoms with Crippen LogP contribution in [-0.2, 0) is 15.0 Å². The lowest BCUT2D eigenvalue weighted by atomic mass is 9.99. The normalized spacial score (nSPS) is 18.8. The average molecular weight is 320 g/mol. The van der Waals surface area contributed by atoms with Crippen molar-refractivity contribution >= 4 is 16.2 Å². The van der Waals surface area contributed by atoms with E-state index in [2.05, 4.69) is 0 Å². The van der Waals surface area contributed by atoms with Gasteiger partial charge in [0.1, 0.15) is 0 Å². The Morgan fingerprint density at radius 1 is 1.14 bits per heavy atom. The summed E-state index contributed by atoms with van der Waals surface area (Å²) >= 11 is 0. The van der Waals surface area contributed by atoms with Crippen LogP contribution < -0.4 is 0 Å². The molecule has 1 aliphatic heterocycles. The van der Waals surface area contributed by atoms with Crippen LogP contribution in [0.5, 0.6) is 0 Å². The predicted molar refractivity (Wildman–Crippen MR) is 82.1 cm³/mol. The topological polar surface area (TPSA) is 77.9 Å². The van der Waals surface area contributed by atoms with Gasteiger partial charge in [-0.2, -0.15) is 17.0 Å². The van der Waals surface area contributed by atoms with Gasteiger partial charge in [-0.25, -0.2) is 0 Å². The van der Waals surface area contributed by atoms with E-state index < -0.39 is 22.1 Å². The molecule has 0 amide bonds. The molecule has 0 unspecified atom stereocenters. The number of piperidine rings is 1. The monoisotopic (exact) mass is 320 g/mol. The Hall–Kier alpha value is -0.660. The highest BCUT2D eigenvalue weighted by molar-refractivity contribution is 7.86.